The summed E-state index contributed by atoms with van der Waals surface area (Å²) in [5, 5.41) is 3.00. The van der Waals surface area contributed by atoms with Crippen molar-refractivity contribution in [1.82, 2.24) is 4.90 Å². The molecule has 2 saturated heterocycles. The fraction of sp³-hybridized carbons (Fsp3) is 0.417. The van der Waals surface area contributed by atoms with Crippen LogP contribution in [0.1, 0.15) is 31.2 Å². The molecule has 29 heavy (non-hydrogen) atoms. The van der Waals surface area contributed by atoms with Crippen molar-refractivity contribution in [2.75, 3.05) is 36.4 Å². The molecule has 2 aliphatic heterocycles. The first-order valence-electron chi connectivity index (χ1n) is 10.6. The number of amides is 2. The molecule has 2 fully saturated rings. The minimum absolute atomic E-state index is 0.0106. The quantitative estimate of drug-likeness (QED) is 0.817. The second kappa shape index (κ2) is 9.23. The molecule has 0 radical (unpaired) electrons. The summed E-state index contributed by atoms with van der Waals surface area (Å²) in [6, 6.07) is 18.3. The molecule has 2 aromatic carbocycles. The lowest BCUT2D eigenvalue weighted by atomic mass is 9.90. The van der Waals surface area contributed by atoms with Gasteiger partial charge in [0.2, 0.25) is 11.8 Å². The molecule has 0 unspecified atom stereocenters. The van der Waals surface area contributed by atoms with E-state index in [0.29, 0.717) is 18.9 Å². The van der Waals surface area contributed by atoms with E-state index in [9.17, 15) is 9.59 Å². The fourth-order valence-electron chi connectivity index (χ4n) is 4.37. The number of hydrogen-bond donors (Lipinski definition) is 1. The molecule has 4 rings (SSSR count). The molecule has 2 amide bonds. The van der Waals surface area contributed by atoms with Crippen LogP contribution in [0.15, 0.2) is 54.6 Å². The third kappa shape index (κ3) is 5.24. The Bertz CT molecular complexity index is 844. The van der Waals surface area contributed by atoms with Crippen LogP contribution in [-0.2, 0) is 16.0 Å². The van der Waals surface area contributed by atoms with Crippen molar-refractivity contribution in [1.29, 1.82) is 0 Å². The van der Waals surface area contributed by atoms with Gasteiger partial charge in [0.15, 0.2) is 0 Å². The van der Waals surface area contributed by atoms with Crippen LogP contribution < -0.4 is 10.2 Å². The Morgan fingerprint density at radius 3 is 2.52 bits per heavy atom. The van der Waals surface area contributed by atoms with E-state index in [1.807, 2.05) is 24.3 Å². The summed E-state index contributed by atoms with van der Waals surface area (Å²) in [7, 11) is 0. The van der Waals surface area contributed by atoms with Gasteiger partial charge in [-0.3, -0.25) is 14.5 Å². The highest BCUT2D eigenvalue weighted by Gasteiger charge is 2.23. The first-order valence-corrected chi connectivity index (χ1v) is 10.6. The maximum Gasteiger partial charge on any atom is 0.238 e. The molecule has 0 bridgehead atoms. The highest BCUT2D eigenvalue weighted by molar-refractivity contribution is 5.97. The summed E-state index contributed by atoms with van der Waals surface area (Å²) in [5.74, 6) is 0.870. The van der Waals surface area contributed by atoms with E-state index in [1.165, 1.54) is 5.56 Å². The van der Waals surface area contributed by atoms with Gasteiger partial charge in [-0.05, 0) is 68.5 Å². The van der Waals surface area contributed by atoms with Crippen LogP contribution in [0.4, 0.5) is 11.4 Å². The van der Waals surface area contributed by atoms with Crippen LogP contribution in [0.2, 0.25) is 0 Å². The molecule has 152 valence electrons. The number of nitrogens with zero attached hydrogens (tertiary/aromatic N) is 2. The van der Waals surface area contributed by atoms with Crippen LogP contribution in [0.3, 0.4) is 0 Å². The average Bonchev–Trinajstić information content (AvgIpc) is 3.16. The predicted octanol–water partition coefficient (Wildman–Crippen LogP) is 3.71. The lowest BCUT2D eigenvalue weighted by Gasteiger charge is -2.31. The van der Waals surface area contributed by atoms with E-state index in [-0.39, 0.29) is 11.8 Å². The number of benzene rings is 2. The Labute approximate surface area is 172 Å². The first-order chi connectivity index (χ1) is 14.2. The van der Waals surface area contributed by atoms with Gasteiger partial charge in [-0.25, -0.2) is 0 Å². The third-order valence-electron chi connectivity index (χ3n) is 5.96. The van der Waals surface area contributed by atoms with Crippen molar-refractivity contribution in [2.45, 2.75) is 32.1 Å². The Kier molecular flexibility index (Phi) is 6.25. The molecule has 5 heteroatoms. The van der Waals surface area contributed by atoms with E-state index >= 15 is 0 Å². The van der Waals surface area contributed by atoms with Crippen molar-refractivity contribution in [2.24, 2.45) is 5.92 Å². The smallest absolute Gasteiger partial charge is 0.238 e. The molecule has 2 aromatic rings. The standard InChI is InChI=1S/C24H29N3O2/c28-23(25-21-8-4-9-22(17-21)27-13-5-10-24(27)29)18-26-14-11-20(12-15-26)16-19-6-2-1-3-7-19/h1-4,6-9,17,20H,5,10-16,18H2,(H,25,28). The van der Waals surface area contributed by atoms with E-state index in [4.69, 9.17) is 0 Å². The van der Waals surface area contributed by atoms with Gasteiger partial charge in [0, 0.05) is 24.3 Å². The SMILES string of the molecule is O=C(CN1CCC(Cc2ccccc2)CC1)Nc1cccc(N2CCCC2=O)c1. The van der Waals surface area contributed by atoms with E-state index < -0.39 is 0 Å². The molecule has 5 nitrogen and oxygen atoms in total. The highest BCUT2D eigenvalue weighted by atomic mass is 16.2. The summed E-state index contributed by atoms with van der Waals surface area (Å²) in [5.41, 5.74) is 3.03. The van der Waals surface area contributed by atoms with Crippen LogP contribution in [0.25, 0.3) is 0 Å². The minimum atomic E-state index is 0.0106. The molecule has 0 spiro atoms. The van der Waals surface area contributed by atoms with Gasteiger partial charge >= 0.3 is 0 Å². The second-order valence-electron chi connectivity index (χ2n) is 8.16. The number of nitrogens with one attached hydrogen (secondary N) is 1. The van der Waals surface area contributed by atoms with E-state index in [1.54, 1.807) is 4.90 Å². The summed E-state index contributed by atoms with van der Waals surface area (Å²) < 4.78 is 0. The number of hydrogen-bond acceptors (Lipinski definition) is 3. The summed E-state index contributed by atoms with van der Waals surface area (Å²) in [6.07, 6.45) is 4.90. The van der Waals surface area contributed by atoms with E-state index in [0.717, 1.165) is 56.7 Å². The van der Waals surface area contributed by atoms with Gasteiger partial charge in [-0.1, -0.05) is 36.4 Å². The van der Waals surface area contributed by atoms with Crippen LogP contribution in [0.5, 0.6) is 0 Å². The van der Waals surface area contributed by atoms with Crippen molar-refractivity contribution in [3.63, 3.8) is 0 Å². The Morgan fingerprint density at radius 1 is 1.00 bits per heavy atom. The Hall–Kier alpha value is -2.66. The minimum Gasteiger partial charge on any atom is -0.325 e. The van der Waals surface area contributed by atoms with Gasteiger partial charge in [0.25, 0.3) is 0 Å². The van der Waals surface area contributed by atoms with Crippen LogP contribution in [0, 0.1) is 5.92 Å². The molecular formula is C24H29N3O2. The molecule has 2 aliphatic rings. The maximum atomic E-state index is 12.5. The maximum absolute atomic E-state index is 12.5. The molecule has 0 atom stereocenters. The molecule has 1 N–H and O–H groups in total. The molecule has 0 saturated carbocycles. The third-order valence-corrected chi connectivity index (χ3v) is 5.96. The zero-order valence-corrected chi connectivity index (χ0v) is 16.8. The normalized spacial score (nSPS) is 18.2. The van der Waals surface area contributed by atoms with Gasteiger partial charge in [0.1, 0.15) is 0 Å². The number of rotatable bonds is 6. The zero-order chi connectivity index (χ0) is 20.1. The number of piperidine rings is 1. The van der Waals surface area contributed by atoms with Crippen molar-refractivity contribution < 1.29 is 9.59 Å². The number of carbonyl (C=O) groups is 2. The highest BCUT2D eigenvalue weighted by Crippen LogP contribution is 2.25. The van der Waals surface area contributed by atoms with Crippen LogP contribution >= 0.6 is 0 Å². The zero-order valence-electron chi connectivity index (χ0n) is 16.8. The van der Waals surface area contributed by atoms with Gasteiger partial charge in [0.05, 0.1) is 6.54 Å². The largest absolute Gasteiger partial charge is 0.325 e. The van der Waals surface area contributed by atoms with Crippen molar-refractivity contribution in [3.05, 3.63) is 60.2 Å². The average molecular weight is 392 g/mol. The fourth-order valence-corrected chi connectivity index (χ4v) is 4.37. The summed E-state index contributed by atoms with van der Waals surface area (Å²) in [6.45, 7) is 3.11. The topological polar surface area (TPSA) is 52.7 Å². The molecule has 0 aliphatic carbocycles. The van der Waals surface area contributed by atoms with Crippen molar-refractivity contribution >= 4 is 23.2 Å². The summed E-state index contributed by atoms with van der Waals surface area (Å²) in [4.78, 5) is 28.5. The monoisotopic (exact) mass is 391 g/mol. The predicted molar refractivity (Wildman–Crippen MR) is 116 cm³/mol. The number of carbonyl (C=O) groups excluding carboxylic acids is 2. The molecule has 0 aromatic heterocycles. The molecular weight excluding hydrogens is 362 g/mol. The molecule has 2 heterocycles. The number of anilines is 2. The first kappa shape index (κ1) is 19.6. The van der Waals surface area contributed by atoms with Gasteiger partial charge in [-0.2, -0.15) is 0 Å². The van der Waals surface area contributed by atoms with Crippen LogP contribution in [-0.4, -0.2) is 42.9 Å². The lowest BCUT2D eigenvalue weighted by molar-refractivity contribution is -0.118. The van der Waals surface area contributed by atoms with E-state index in [2.05, 4.69) is 40.5 Å². The van der Waals surface area contributed by atoms with Crippen molar-refractivity contribution in [3.8, 4) is 0 Å². The van der Waals surface area contributed by atoms with Gasteiger partial charge in [-0.15, -0.1) is 0 Å². The lowest BCUT2D eigenvalue weighted by Crippen LogP contribution is -2.39. The Morgan fingerprint density at radius 2 is 1.79 bits per heavy atom. The number of likely N-dealkylation sites (tertiary alicyclic amines) is 1. The second-order valence-corrected chi connectivity index (χ2v) is 8.16. The Balaban J connectivity index is 1.25. The van der Waals surface area contributed by atoms with Gasteiger partial charge < -0.3 is 10.2 Å². The summed E-state index contributed by atoms with van der Waals surface area (Å²) >= 11 is 0.